The SMILES string of the molecule is CCN(CC)C(CNC(=O)C(N)CCS(C)(=O)=O)c1ccccc1.Cl. The molecule has 0 radical (unpaired) electrons. The van der Waals surface area contributed by atoms with Gasteiger partial charge in [0.15, 0.2) is 0 Å². The van der Waals surface area contributed by atoms with Gasteiger partial charge in [0.1, 0.15) is 9.84 Å². The molecule has 1 amide bonds. The molecule has 0 spiro atoms. The molecule has 0 aromatic heterocycles. The summed E-state index contributed by atoms with van der Waals surface area (Å²) in [5.41, 5.74) is 6.93. The van der Waals surface area contributed by atoms with E-state index in [0.717, 1.165) is 24.9 Å². The van der Waals surface area contributed by atoms with Gasteiger partial charge in [-0.05, 0) is 25.1 Å². The number of nitrogens with one attached hydrogen (secondary N) is 1. The van der Waals surface area contributed by atoms with E-state index in [4.69, 9.17) is 5.73 Å². The van der Waals surface area contributed by atoms with Crippen LogP contribution in [0.4, 0.5) is 0 Å². The van der Waals surface area contributed by atoms with Crippen LogP contribution in [0.25, 0.3) is 0 Å². The largest absolute Gasteiger partial charge is 0.353 e. The maximum absolute atomic E-state index is 12.1. The van der Waals surface area contributed by atoms with Crippen molar-refractivity contribution in [3.05, 3.63) is 35.9 Å². The number of amides is 1. The Morgan fingerprint density at radius 1 is 1.20 bits per heavy atom. The van der Waals surface area contributed by atoms with Crippen molar-refractivity contribution in [3.63, 3.8) is 0 Å². The lowest BCUT2D eigenvalue weighted by Gasteiger charge is -2.30. The number of benzene rings is 1. The fourth-order valence-electron chi connectivity index (χ4n) is 2.60. The van der Waals surface area contributed by atoms with E-state index < -0.39 is 15.9 Å². The highest BCUT2D eigenvalue weighted by molar-refractivity contribution is 7.90. The van der Waals surface area contributed by atoms with Gasteiger partial charge in [-0.3, -0.25) is 9.69 Å². The summed E-state index contributed by atoms with van der Waals surface area (Å²) in [7, 11) is -3.12. The molecule has 1 aromatic rings. The average Bonchev–Trinajstić information content (AvgIpc) is 2.56. The number of carbonyl (C=O) groups is 1. The molecule has 25 heavy (non-hydrogen) atoms. The van der Waals surface area contributed by atoms with Crippen molar-refractivity contribution in [2.24, 2.45) is 5.73 Å². The second-order valence-corrected chi connectivity index (χ2v) is 8.18. The molecule has 3 N–H and O–H groups in total. The van der Waals surface area contributed by atoms with Crippen LogP contribution in [0.1, 0.15) is 31.9 Å². The zero-order valence-corrected chi connectivity index (χ0v) is 16.8. The molecule has 0 aliphatic carbocycles. The lowest BCUT2D eigenvalue weighted by molar-refractivity contribution is -0.122. The lowest BCUT2D eigenvalue weighted by Crippen LogP contribution is -2.45. The maximum Gasteiger partial charge on any atom is 0.237 e. The molecule has 0 saturated heterocycles. The van der Waals surface area contributed by atoms with Crippen LogP contribution in [0.15, 0.2) is 30.3 Å². The van der Waals surface area contributed by atoms with Gasteiger partial charge in [0.25, 0.3) is 0 Å². The highest BCUT2D eigenvalue weighted by Crippen LogP contribution is 2.19. The molecule has 6 nitrogen and oxygen atoms in total. The van der Waals surface area contributed by atoms with Crippen LogP contribution in [0.5, 0.6) is 0 Å². The number of rotatable bonds is 10. The summed E-state index contributed by atoms with van der Waals surface area (Å²) in [6.07, 6.45) is 1.27. The minimum absolute atomic E-state index is 0. The third kappa shape index (κ3) is 8.67. The van der Waals surface area contributed by atoms with E-state index in [2.05, 4.69) is 24.1 Å². The third-order valence-corrected chi connectivity index (χ3v) is 5.02. The molecule has 2 atom stereocenters. The van der Waals surface area contributed by atoms with Gasteiger partial charge in [-0.15, -0.1) is 12.4 Å². The topological polar surface area (TPSA) is 92.5 Å². The zero-order valence-electron chi connectivity index (χ0n) is 15.1. The highest BCUT2D eigenvalue weighted by atomic mass is 35.5. The molecule has 0 bridgehead atoms. The van der Waals surface area contributed by atoms with E-state index in [1.165, 1.54) is 0 Å². The lowest BCUT2D eigenvalue weighted by atomic mass is 10.0. The molecule has 0 aliphatic heterocycles. The van der Waals surface area contributed by atoms with Crippen molar-refractivity contribution < 1.29 is 13.2 Å². The van der Waals surface area contributed by atoms with Crippen LogP contribution in [0, 0.1) is 0 Å². The molecular formula is C17H30ClN3O3S. The Labute approximate surface area is 157 Å². The minimum atomic E-state index is -3.12. The van der Waals surface area contributed by atoms with Crippen LogP contribution in [0.3, 0.4) is 0 Å². The van der Waals surface area contributed by atoms with Crippen molar-refractivity contribution in [2.45, 2.75) is 32.4 Å². The van der Waals surface area contributed by atoms with Gasteiger partial charge in [0.05, 0.1) is 17.8 Å². The van der Waals surface area contributed by atoms with Crippen molar-refractivity contribution in [1.82, 2.24) is 10.2 Å². The predicted octanol–water partition coefficient (Wildman–Crippen LogP) is 1.37. The van der Waals surface area contributed by atoms with Gasteiger partial charge < -0.3 is 11.1 Å². The Balaban J connectivity index is 0.00000576. The van der Waals surface area contributed by atoms with Gasteiger partial charge in [0, 0.05) is 12.8 Å². The van der Waals surface area contributed by atoms with Gasteiger partial charge in [-0.2, -0.15) is 0 Å². The van der Waals surface area contributed by atoms with Crippen molar-refractivity contribution >= 4 is 28.2 Å². The molecule has 0 aliphatic rings. The van der Waals surface area contributed by atoms with E-state index >= 15 is 0 Å². The van der Waals surface area contributed by atoms with Crippen molar-refractivity contribution in [3.8, 4) is 0 Å². The molecule has 0 saturated carbocycles. The summed E-state index contributed by atoms with van der Waals surface area (Å²) in [4.78, 5) is 14.4. The minimum Gasteiger partial charge on any atom is -0.353 e. The van der Waals surface area contributed by atoms with E-state index in [9.17, 15) is 13.2 Å². The van der Waals surface area contributed by atoms with E-state index in [1.54, 1.807) is 0 Å². The Kier molecular flexibility index (Phi) is 10.9. The Hall–Kier alpha value is -1.15. The first-order valence-corrected chi connectivity index (χ1v) is 10.3. The molecule has 0 fully saturated rings. The first kappa shape index (κ1) is 23.9. The number of sulfone groups is 1. The second kappa shape index (κ2) is 11.5. The number of carbonyl (C=O) groups excluding carboxylic acids is 1. The smallest absolute Gasteiger partial charge is 0.237 e. The van der Waals surface area contributed by atoms with Crippen LogP contribution in [-0.4, -0.2) is 56.9 Å². The van der Waals surface area contributed by atoms with Gasteiger partial charge >= 0.3 is 0 Å². The first-order chi connectivity index (χ1) is 11.3. The monoisotopic (exact) mass is 391 g/mol. The molecular weight excluding hydrogens is 362 g/mol. The number of nitrogens with two attached hydrogens (primary N) is 1. The summed E-state index contributed by atoms with van der Waals surface area (Å²) in [5.74, 6) is -0.397. The standard InChI is InChI=1S/C17H29N3O3S.ClH/c1-4-20(5-2)16(14-9-7-6-8-10-14)13-19-17(21)15(18)11-12-24(3,22)23;/h6-10,15-16H,4-5,11-13,18H2,1-3H3,(H,19,21);1H. The van der Waals surface area contributed by atoms with E-state index in [1.807, 2.05) is 30.3 Å². The zero-order chi connectivity index (χ0) is 18.2. The Bertz CT molecular complexity index is 607. The number of hydrogen-bond acceptors (Lipinski definition) is 5. The number of likely N-dealkylation sites (N-methyl/N-ethyl adjacent to an activating group) is 1. The second-order valence-electron chi connectivity index (χ2n) is 5.92. The molecule has 1 rings (SSSR count). The fourth-order valence-corrected chi connectivity index (χ4v) is 3.28. The molecule has 8 heteroatoms. The maximum atomic E-state index is 12.1. The summed E-state index contributed by atoms with van der Waals surface area (Å²) < 4.78 is 22.4. The number of hydrogen-bond donors (Lipinski definition) is 2. The fraction of sp³-hybridized carbons (Fsp3) is 0.588. The van der Waals surface area contributed by atoms with Gasteiger partial charge in [-0.25, -0.2) is 8.42 Å². The molecule has 1 aromatic carbocycles. The Morgan fingerprint density at radius 3 is 2.24 bits per heavy atom. The quantitative estimate of drug-likeness (QED) is 0.628. The number of halogens is 1. The van der Waals surface area contributed by atoms with Crippen LogP contribution >= 0.6 is 12.4 Å². The first-order valence-electron chi connectivity index (χ1n) is 8.28. The van der Waals surface area contributed by atoms with Crippen LogP contribution in [-0.2, 0) is 14.6 Å². The van der Waals surface area contributed by atoms with Crippen LogP contribution < -0.4 is 11.1 Å². The van der Waals surface area contributed by atoms with Gasteiger partial charge in [-0.1, -0.05) is 44.2 Å². The van der Waals surface area contributed by atoms with Crippen LogP contribution in [0.2, 0.25) is 0 Å². The van der Waals surface area contributed by atoms with Crippen molar-refractivity contribution in [2.75, 3.05) is 31.6 Å². The molecule has 144 valence electrons. The van der Waals surface area contributed by atoms with Crippen molar-refractivity contribution in [1.29, 1.82) is 0 Å². The molecule has 0 heterocycles. The summed E-state index contributed by atoms with van der Waals surface area (Å²) in [6.45, 7) is 6.34. The summed E-state index contributed by atoms with van der Waals surface area (Å²) in [6, 6.07) is 9.25. The third-order valence-electron chi connectivity index (χ3n) is 4.04. The summed E-state index contributed by atoms with van der Waals surface area (Å²) >= 11 is 0. The highest BCUT2D eigenvalue weighted by Gasteiger charge is 2.21. The number of nitrogens with zero attached hydrogens (tertiary/aromatic N) is 1. The predicted molar refractivity (Wildman–Crippen MR) is 105 cm³/mol. The summed E-state index contributed by atoms with van der Waals surface area (Å²) in [5, 5.41) is 2.87. The van der Waals surface area contributed by atoms with E-state index in [-0.39, 0.29) is 36.5 Å². The normalized spacial score (nSPS) is 13.8. The van der Waals surface area contributed by atoms with E-state index in [0.29, 0.717) is 6.54 Å². The average molecular weight is 392 g/mol. The van der Waals surface area contributed by atoms with Gasteiger partial charge in [0.2, 0.25) is 5.91 Å². The molecule has 2 unspecified atom stereocenters. The Morgan fingerprint density at radius 2 is 1.76 bits per heavy atom.